The van der Waals surface area contributed by atoms with Crippen LogP contribution in [0.15, 0.2) is 36.7 Å². The highest BCUT2D eigenvalue weighted by atomic mass is 16.5. The Morgan fingerprint density at radius 3 is 2.50 bits per heavy atom. The van der Waals surface area contributed by atoms with Crippen molar-refractivity contribution < 1.29 is 14.3 Å². The number of amides is 3. The summed E-state index contributed by atoms with van der Waals surface area (Å²) in [5.74, 6) is -0.0590. The van der Waals surface area contributed by atoms with Gasteiger partial charge in [-0.1, -0.05) is 0 Å². The molecule has 0 aliphatic rings. The molecular formula is C12H13N5O3. The van der Waals surface area contributed by atoms with Gasteiger partial charge in [-0.15, -0.1) is 0 Å². The second-order valence-corrected chi connectivity index (χ2v) is 3.85. The molecule has 2 aromatic rings. The molecule has 0 radical (unpaired) electrons. The zero-order chi connectivity index (χ0) is 14.4. The molecule has 8 nitrogen and oxygen atoms in total. The van der Waals surface area contributed by atoms with Crippen molar-refractivity contribution in [3.63, 3.8) is 0 Å². The summed E-state index contributed by atoms with van der Waals surface area (Å²) >= 11 is 0. The predicted octanol–water partition coefficient (Wildman–Crippen LogP) is 0.918. The van der Waals surface area contributed by atoms with Gasteiger partial charge >= 0.3 is 6.03 Å². The van der Waals surface area contributed by atoms with Crippen molar-refractivity contribution in [2.45, 2.75) is 0 Å². The summed E-state index contributed by atoms with van der Waals surface area (Å²) in [6.45, 7) is -0.187. The van der Waals surface area contributed by atoms with Crippen LogP contribution in [-0.2, 0) is 4.79 Å². The molecule has 0 aliphatic heterocycles. The van der Waals surface area contributed by atoms with Crippen LogP contribution in [0.25, 0.3) is 0 Å². The third-order valence-corrected chi connectivity index (χ3v) is 2.25. The van der Waals surface area contributed by atoms with Crippen LogP contribution in [0, 0.1) is 0 Å². The highest BCUT2D eigenvalue weighted by Crippen LogP contribution is 2.15. The molecule has 0 spiro atoms. The van der Waals surface area contributed by atoms with E-state index in [9.17, 15) is 9.59 Å². The molecule has 0 saturated heterocycles. The fraction of sp³-hybridized carbons (Fsp3) is 0.0833. The van der Waals surface area contributed by atoms with Crippen molar-refractivity contribution in [3.8, 4) is 5.75 Å². The number of ether oxygens (including phenoxy) is 1. The van der Waals surface area contributed by atoms with Crippen LogP contribution in [0.1, 0.15) is 0 Å². The summed E-state index contributed by atoms with van der Waals surface area (Å²) < 4.78 is 5.10. The minimum atomic E-state index is -0.549. The highest BCUT2D eigenvalue weighted by Gasteiger charge is 2.04. The predicted molar refractivity (Wildman–Crippen MR) is 72.4 cm³/mol. The summed E-state index contributed by atoms with van der Waals surface area (Å²) in [6, 6.07) is 6.14. The summed E-state index contributed by atoms with van der Waals surface area (Å²) in [7, 11) is 0. The van der Waals surface area contributed by atoms with E-state index >= 15 is 0 Å². The zero-order valence-electron chi connectivity index (χ0n) is 10.4. The monoisotopic (exact) mass is 275 g/mol. The Morgan fingerprint density at radius 1 is 1.20 bits per heavy atom. The summed E-state index contributed by atoms with van der Waals surface area (Å²) in [6.07, 6.45) is 3.04. The van der Waals surface area contributed by atoms with Gasteiger partial charge in [-0.2, -0.15) is 5.10 Å². The number of benzene rings is 1. The number of nitrogens with zero attached hydrogens (tertiary/aromatic N) is 1. The number of nitrogens with one attached hydrogen (secondary N) is 3. The highest BCUT2D eigenvalue weighted by molar-refractivity contribution is 5.99. The number of anilines is 2. The van der Waals surface area contributed by atoms with E-state index in [-0.39, 0.29) is 6.61 Å². The molecule has 0 saturated carbocycles. The quantitative estimate of drug-likeness (QED) is 0.648. The minimum Gasteiger partial charge on any atom is -0.484 e. The van der Waals surface area contributed by atoms with Gasteiger partial charge in [0.05, 0.1) is 11.9 Å². The summed E-state index contributed by atoms with van der Waals surface area (Å²) in [5.41, 5.74) is 6.10. The molecule has 0 unspecified atom stereocenters. The number of carbonyl (C=O) groups excluding carboxylic acids is 2. The third-order valence-electron chi connectivity index (χ3n) is 2.25. The molecule has 3 amide bonds. The number of aromatic nitrogens is 2. The lowest BCUT2D eigenvalue weighted by Crippen LogP contribution is -2.20. The van der Waals surface area contributed by atoms with Crippen molar-refractivity contribution in [1.82, 2.24) is 10.2 Å². The Kier molecular flexibility index (Phi) is 4.17. The van der Waals surface area contributed by atoms with Crippen molar-refractivity contribution in [2.75, 3.05) is 17.2 Å². The fourth-order valence-corrected chi connectivity index (χ4v) is 1.40. The lowest BCUT2D eigenvalue weighted by atomic mass is 10.3. The minimum absolute atomic E-state index is 0.187. The molecule has 8 heteroatoms. The maximum absolute atomic E-state index is 11.6. The van der Waals surface area contributed by atoms with Crippen molar-refractivity contribution in [1.29, 1.82) is 0 Å². The van der Waals surface area contributed by atoms with Crippen LogP contribution >= 0.6 is 0 Å². The topological polar surface area (TPSA) is 122 Å². The molecule has 0 fully saturated rings. The Balaban J connectivity index is 1.86. The van der Waals surface area contributed by atoms with Crippen molar-refractivity contribution in [2.24, 2.45) is 5.73 Å². The average molecular weight is 275 g/mol. The zero-order valence-corrected chi connectivity index (χ0v) is 10.4. The molecule has 1 heterocycles. The van der Waals surface area contributed by atoms with E-state index in [1.54, 1.807) is 30.5 Å². The molecule has 0 aliphatic carbocycles. The molecule has 0 atom stereocenters. The first-order valence-electron chi connectivity index (χ1n) is 5.71. The Labute approximate surface area is 114 Å². The summed E-state index contributed by atoms with van der Waals surface area (Å²) in [5, 5.41) is 11.5. The number of rotatable bonds is 5. The molecule has 104 valence electrons. The molecule has 20 heavy (non-hydrogen) atoms. The number of hydrogen-bond acceptors (Lipinski definition) is 4. The number of aromatic amines is 1. The Morgan fingerprint density at radius 2 is 1.90 bits per heavy atom. The van der Waals surface area contributed by atoms with E-state index in [0.29, 0.717) is 17.1 Å². The molecule has 2 rings (SSSR count). The standard InChI is InChI=1S/C12H13N5O3/c13-11(18)7-20-10-3-1-8(2-4-10)16-12(19)17-9-5-14-15-6-9/h1-6H,7H2,(H2,13,18)(H,14,15)(H2,16,17,19). The Bertz CT molecular complexity index is 580. The largest absolute Gasteiger partial charge is 0.484 e. The first kappa shape index (κ1) is 13.4. The van der Waals surface area contributed by atoms with Crippen molar-refractivity contribution in [3.05, 3.63) is 36.7 Å². The normalized spacial score (nSPS) is 9.80. The van der Waals surface area contributed by atoms with Gasteiger partial charge in [0.1, 0.15) is 5.75 Å². The second-order valence-electron chi connectivity index (χ2n) is 3.85. The lowest BCUT2D eigenvalue weighted by Gasteiger charge is -2.07. The molecule has 1 aromatic heterocycles. The van der Waals surface area contributed by atoms with Crippen LogP contribution < -0.4 is 21.1 Å². The van der Waals surface area contributed by atoms with Gasteiger partial charge in [-0.3, -0.25) is 9.89 Å². The van der Waals surface area contributed by atoms with Crippen LogP contribution in [-0.4, -0.2) is 28.7 Å². The first-order chi connectivity index (χ1) is 9.63. The van der Waals surface area contributed by atoms with Crippen LogP contribution in [0.3, 0.4) is 0 Å². The van der Waals surface area contributed by atoms with E-state index in [2.05, 4.69) is 20.8 Å². The number of hydrogen-bond donors (Lipinski definition) is 4. The van der Waals surface area contributed by atoms with E-state index in [4.69, 9.17) is 10.5 Å². The number of primary amides is 1. The van der Waals surface area contributed by atoms with Crippen LogP contribution in [0.2, 0.25) is 0 Å². The van der Waals surface area contributed by atoms with Gasteiger partial charge in [0.15, 0.2) is 6.61 Å². The summed E-state index contributed by atoms with van der Waals surface area (Å²) in [4.78, 5) is 22.2. The fourth-order valence-electron chi connectivity index (χ4n) is 1.40. The average Bonchev–Trinajstić information content (AvgIpc) is 2.90. The smallest absolute Gasteiger partial charge is 0.323 e. The van der Waals surface area contributed by atoms with Gasteiger partial charge in [0.2, 0.25) is 0 Å². The molecule has 1 aromatic carbocycles. The van der Waals surface area contributed by atoms with E-state index in [1.807, 2.05) is 0 Å². The Hall–Kier alpha value is -3.03. The third kappa shape index (κ3) is 4.02. The van der Waals surface area contributed by atoms with Gasteiger partial charge in [-0.25, -0.2) is 4.79 Å². The van der Waals surface area contributed by atoms with Gasteiger partial charge in [-0.05, 0) is 24.3 Å². The van der Waals surface area contributed by atoms with Gasteiger partial charge in [0, 0.05) is 11.9 Å². The van der Waals surface area contributed by atoms with E-state index < -0.39 is 11.9 Å². The number of nitrogens with two attached hydrogens (primary N) is 1. The second kappa shape index (κ2) is 6.23. The van der Waals surface area contributed by atoms with Crippen molar-refractivity contribution >= 4 is 23.3 Å². The lowest BCUT2D eigenvalue weighted by molar-refractivity contribution is -0.119. The SMILES string of the molecule is NC(=O)COc1ccc(NC(=O)Nc2cn[nH]c2)cc1. The number of urea groups is 1. The first-order valence-corrected chi connectivity index (χ1v) is 5.71. The number of H-pyrrole nitrogens is 1. The van der Waals surface area contributed by atoms with Gasteiger partial charge in [0.25, 0.3) is 5.91 Å². The maximum Gasteiger partial charge on any atom is 0.323 e. The molecule has 5 N–H and O–H groups in total. The maximum atomic E-state index is 11.6. The van der Waals surface area contributed by atoms with E-state index in [1.165, 1.54) is 6.20 Å². The van der Waals surface area contributed by atoms with Crippen LogP contribution in [0.5, 0.6) is 5.75 Å². The van der Waals surface area contributed by atoms with E-state index in [0.717, 1.165) is 0 Å². The number of carbonyl (C=O) groups is 2. The molecular weight excluding hydrogens is 262 g/mol. The molecule has 0 bridgehead atoms. The van der Waals surface area contributed by atoms with Crippen LogP contribution in [0.4, 0.5) is 16.2 Å². The van der Waals surface area contributed by atoms with Gasteiger partial charge < -0.3 is 21.1 Å².